The molecule has 5 nitrogen and oxygen atoms in total. The molecule has 0 spiro atoms. The van der Waals surface area contributed by atoms with Crippen LogP contribution in [0, 0.1) is 0 Å². The molecule has 1 rings (SSSR count). The molecule has 0 aliphatic rings. The summed E-state index contributed by atoms with van der Waals surface area (Å²) in [4.78, 5) is 3.69. The fraction of sp³-hybridized carbons (Fsp3) is 0. The van der Waals surface area contributed by atoms with Crippen LogP contribution in [0.4, 0.5) is 0 Å². The highest BCUT2D eigenvalue weighted by atomic mass is 16.3. The summed E-state index contributed by atoms with van der Waals surface area (Å²) < 4.78 is 0. The number of hydrogen-bond acceptors (Lipinski definition) is 3. The lowest BCUT2D eigenvalue weighted by Gasteiger charge is -1.95. The van der Waals surface area contributed by atoms with Crippen LogP contribution in [-0.4, -0.2) is 17.3 Å². The maximum atomic E-state index is 9.29. The molecule has 0 atom stereocenters. The molecule has 0 radical (unpaired) electrons. The number of phenolic OH excluding ortho intramolecular Hbond substituents is 1. The van der Waals surface area contributed by atoms with E-state index >= 15 is 0 Å². The van der Waals surface area contributed by atoms with Crippen LogP contribution < -0.4 is 11.6 Å². The quantitative estimate of drug-likeness (QED) is 0.244. The zero-order valence-corrected chi connectivity index (χ0v) is 6.88. The molecule has 0 aliphatic heterocycles. The van der Waals surface area contributed by atoms with Gasteiger partial charge in [0.2, 0.25) is 5.96 Å². The van der Waals surface area contributed by atoms with Crippen molar-refractivity contribution in [2.24, 2.45) is 21.7 Å². The maximum absolute atomic E-state index is 9.29. The lowest BCUT2D eigenvalue weighted by atomic mass is 10.2. The average Bonchev–Trinajstić information content (AvgIpc) is 2.16. The van der Waals surface area contributed by atoms with Gasteiger partial charge >= 0.3 is 0 Å². The van der Waals surface area contributed by atoms with Gasteiger partial charge in [0.25, 0.3) is 0 Å². The maximum Gasteiger partial charge on any atom is 0.236 e. The smallest absolute Gasteiger partial charge is 0.236 e. The van der Waals surface area contributed by atoms with Gasteiger partial charge in [-0.15, -0.1) is 5.10 Å². The minimum absolute atomic E-state index is 0.0387. The second-order valence-corrected chi connectivity index (χ2v) is 2.30. The predicted octanol–water partition coefficient (Wildman–Crippen LogP) is -0.000500. The van der Waals surface area contributed by atoms with Gasteiger partial charge in [0.15, 0.2) is 0 Å². The number of guanidine groups is 1. The SMILES string of the molecule is N/N=C(\N)N=Cc1ccccc1O. The highest BCUT2D eigenvalue weighted by Crippen LogP contribution is 2.12. The summed E-state index contributed by atoms with van der Waals surface area (Å²) in [7, 11) is 0. The van der Waals surface area contributed by atoms with E-state index in [9.17, 15) is 5.11 Å². The second-order valence-electron chi connectivity index (χ2n) is 2.30. The summed E-state index contributed by atoms with van der Waals surface area (Å²) in [6, 6.07) is 6.74. The summed E-state index contributed by atoms with van der Waals surface area (Å²) >= 11 is 0. The van der Waals surface area contributed by atoms with Crippen molar-refractivity contribution < 1.29 is 5.11 Å². The van der Waals surface area contributed by atoms with E-state index < -0.39 is 0 Å². The summed E-state index contributed by atoms with van der Waals surface area (Å²) in [5.74, 6) is 4.96. The third kappa shape index (κ3) is 2.48. The van der Waals surface area contributed by atoms with Gasteiger partial charge in [-0.2, -0.15) is 0 Å². The lowest BCUT2D eigenvalue weighted by Crippen LogP contribution is -2.10. The molecule has 5 N–H and O–H groups in total. The number of aromatic hydroxyl groups is 1. The Kier molecular flexibility index (Phi) is 2.86. The molecule has 0 aliphatic carbocycles. The molecule has 1 aromatic rings. The monoisotopic (exact) mass is 178 g/mol. The molecule has 0 fully saturated rings. The summed E-state index contributed by atoms with van der Waals surface area (Å²) in [6.45, 7) is 0. The molecule has 1 aromatic carbocycles. The van der Waals surface area contributed by atoms with Crippen molar-refractivity contribution >= 4 is 12.2 Å². The number of para-hydroxylation sites is 1. The van der Waals surface area contributed by atoms with Crippen LogP contribution in [0.5, 0.6) is 5.75 Å². The summed E-state index contributed by atoms with van der Waals surface area (Å²) in [6.07, 6.45) is 1.39. The van der Waals surface area contributed by atoms with Gasteiger partial charge in [-0.25, -0.2) is 4.99 Å². The topological polar surface area (TPSA) is 97.0 Å². The first-order valence-corrected chi connectivity index (χ1v) is 3.59. The van der Waals surface area contributed by atoms with Crippen molar-refractivity contribution in [2.75, 3.05) is 0 Å². The number of phenols is 1. The molecular formula is C8H10N4O. The third-order valence-electron chi connectivity index (χ3n) is 1.40. The first kappa shape index (κ1) is 9.05. The Morgan fingerprint density at radius 3 is 2.69 bits per heavy atom. The number of nitrogens with two attached hydrogens (primary N) is 2. The van der Waals surface area contributed by atoms with Crippen LogP contribution in [0.25, 0.3) is 0 Å². The Morgan fingerprint density at radius 1 is 1.38 bits per heavy atom. The van der Waals surface area contributed by atoms with Crippen molar-refractivity contribution in [1.29, 1.82) is 0 Å². The van der Waals surface area contributed by atoms with E-state index in [1.165, 1.54) is 6.21 Å². The van der Waals surface area contributed by atoms with Crippen molar-refractivity contribution in [1.82, 2.24) is 0 Å². The van der Waals surface area contributed by atoms with Gasteiger partial charge in [-0.3, -0.25) is 0 Å². The average molecular weight is 178 g/mol. The molecule has 0 amide bonds. The molecule has 0 unspecified atom stereocenters. The first-order valence-electron chi connectivity index (χ1n) is 3.59. The highest BCUT2D eigenvalue weighted by molar-refractivity contribution is 5.94. The molecule has 0 aromatic heterocycles. The Bertz CT molecular complexity index is 346. The number of aliphatic imine (C=N–C) groups is 1. The zero-order valence-electron chi connectivity index (χ0n) is 6.88. The van der Waals surface area contributed by atoms with Gasteiger partial charge in [-0.1, -0.05) is 12.1 Å². The van der Waals surface area contributed by atoms with Crippen molar-refractivity contribution in [3.05, 3.63) is 29.8 Å². The van der Waals surface area contributed by atoms with E-state index in [0.29, 0.717) is 5.56 Å². The highest BCUT2D eigenvalue weighted by Gasteiger charge is 1.94. The minimum atomic E-state index is -0.0387. The Morgan fingerprint density at radius 2 is 2.08 bits per heavy atom. The van der Waals surface area contributed by atoms with E-state index in [1.807, 2.05) is 0 Å². The van der Waals surface area contributed by atoms with Crippen LogP contribution in [0.3, 0.4) is 0 Å². The fourth-order valence-corrected chi connectivity index (χ4v) is 0.766. The van der Waals surface area contributed by atoms with E-state index in [0.717, 1.165) is 0 Å². The standard InChI is InChI=1S/C8H10N4O/c9-8(12-10)11-5-6-3-1-2-4-7(6)13/h1-5,13H,10H2,(H2,9,12). The molecular weight excluding hydrogens is 168 g/mol. The molecule has 13 heavy (non-hydrogen) atoms. The normalized spacial score (nSPS) is 12.2. The Labute approximate surface area is 75.4 Å². The van der Waals surface area contributed by atoms with E-state index in [1.54, 1.807) is 24.3 Å². The number of nitrogens with zero attached hydrogens (tertiary/aromatic N) is 2. The van der Waals surface area contributed by atoms with Crippen LogP contribution >= 0.6 is 0 Å². The van der Waals surface area contributed by atoms with Crippen molar-refractivity contribution in [2.45, 2.75) is 0 Å². The lowest BCUT2D eigenvalue weighted by molar-refractivity contribution is 0.474. The van der Waals surface area contributed by atoms with Crippen LogP contribution in [0.1, 0.15) is 5.56 Å². The number of benzene rings is 1. The molecule has 68 valence electrons. The van der Waals surface area contributed by atoms with Gasteiger partial charge in [-0.05, 0) is 12.1 Å². The summed E-state index contributed by atoms with van der Waals surface area (Å²) in [5, 5.41) is 12.4. The predicted molar refractivity (Wildman–Crippen MR) is 51.5 cm³/mol. The summed E-state index contributed by atoms with van der Waals surface area (Å²) in [5.41, 5.74) is 5.78. The second kappa shape index (κ2) is 4.10. The van der Waals surface area contributed by atoms with E-state index in [2.05, 4.69) is 10.1 Å². The van der Waals surface area contributed by atoms with Gasteiger partial charge < -0.3 is 16.7 Å². The molecule has 5 heteroatoms. The van der Waals surface area contributed by atoms with Crippen molar-refractivity contribution in [3.8, 4) is 5.75 Å². The molecule has 0 bridgehead atoms. The first-order chi connectivity index (χ1) is 6.24. The molecule has 0 saturated heterocycles. The Balaban J connectivity index is 2.86. The molecule has 0 heterocycles. The van der Waals surface area contributed by atoms with E-state index in [4.69, 9.17) is 11.6 Å². The number of rotatable bonds is 1. The Hall–Kier alpha value is -2.04. The zero-order chi connectivity index (χ0) is 9.68. The largest absolute Gasteiger partial charge is 0.507 e. The van der Waals surface area contributed by atoms with Crippen LogP contribution in [0.2, 0.25) is 0 Å². The van der Waals surface area contributed by atoms with Gasteiger partial charge in [0, 0.05) is 11.8 Å². The van der Waals surface area contributed by atoms with Crippen molar-refractivity contribution in [3.63, 3.8) is 0 Å². The number of hydrazone groups is 1. The van der Waals surface area contributed by atoms with E-state index in [-0.39, 0.29) is 11.7 Å². The van der Waals surface area contributed by atoms with Gasteiger partial charge in [0.1, 0.15) is 5.75 Å². The van der Waals surface area contributed by atoms with Gasteiger partial charge in [0.05, 0.1) is 0 Å². The minimum Gasteiger partial charge on any atom is -0.507 e. The van der Waals surface area contributed by atoms with Crippen LogP contribution in [0.15, 0.2) is 34.4 Å². The number of hydrogen-bond donors (Lipinski definition) is 3. The van der Waals surface area contributed by atoms with Crippen LogP contribution in [-0.2, 0) is 0 Å². The third-order valence-corrected chi connectivity index (χ3v) is 1.40. The fourth-order valence-electron chi connectivity index (χ4n) is 0.766. The molecule has 0 saturated carbocycles.